The summed E-state index contributed by atoms with van der Waals surface area (Å²) in [4.78, 5) is 0. The molecule has 0 radical (unpaired) electrons. The third kappa shape index (κ3) is 2.62. The fourth-order valence-electron chi connectivity index (χ4n) is 1.74. The minimum absolute atomic E-state index is 0.0307. The Morgan fingerprint density at radius 3 is 2.80 bits per heavy atom. The molecule has 82 valence electrons. The summed E-state index contributed by atoms with van der Waals surface area (Å²) in [7, 11) is -2.85. The predicted octanol–water partition coefficient (Wildman–Crippen LogP) is 0.991. The number of phenols is 1. The van der Waals surface area contributed by atoms with Gasteiger partial charge in [0.2, 0.25) is 0 Å². The lowest BCUT2D eigenvalue weighted by Gasteiger charge is -2.12. The Labute approximate surface area is 88.9 Å². The second kappa shape index (κ2) is 3.73. The van der Waals surface area contributed by atoms with Crippen molar-refractivity contribution in [3.05, 3.63) is 24.3 Å². The summed E-state index contributed by atoms with van der Waals surface area (Å²) in [6, 6.07) is 6.67. The number of aromatic hydroxyl groups is 1. The molecule has 15 heavy (non-hydrogen) atoms. The largest absolute Gasteiger partial charge is 0.508 e. The van der Waals surface area contributed by atoms with Crippen molar-refractivity contribution in [2.45, 2.75) is 12.5 Å². The van der Waals surface area contributed by atoms with Crippen LogP contribution in [0.2, 0.25) is 0 Å². The van der Waals surface area contributed by atoms with E-state index in [2.05, 4.69) is 5.32 Å². The highest BCUT2D eigenvalue weighted by Gasteiger charge is 2.27. The summed E-state index contributed by atoms with van der Waals surface area (Å²) in [5.74, 6) is 0.618. The van der Waals surface area contributed by atoms with Gasteiger partial charge in [-0.1, -0.05) is 6.07 Å². The third-order valence-electron chi connectivity index (χ3n) is 2.45. The molecule has 1 heterocycles. The Balaban J connectivity index is 2.05. The van der Waals surface area contributed by atoms with E-state index in [1.54, 1.807) is 18.2 Å². The molecule has 5 heteroatoms. The monoisotopic (exact) mass is 227 g/mol. The fourth-order valence-corrected chi connectivity index (χ4v) is 3.41. The second-order valence-electron chi connectivity index (χ2n) is 3.79. The number of hydrogen-bond acceptors (Lipinski definition) is 4. The van der Waals surface area contributed by atoms with Crippen molar-refractivity contribution in [1.82, 2.24) is 0 Å². The first-order valence-corrected chi connectivity index (χ1v) is 6.63. The van der Waals surface area contributed by atoms with Crippen LogP contribution in [0.3, 0.4) is 0 Å². The molecule has 1 aromatic carbocycles. The van der Waals surface area contributed by atoms with Gasteiger partial charge in [0.15, 0.2) is 9.84 Å². The number of phenolic OH excluding ortho intramolecular Hbond substituents is 1. The Bertz CT molecular complexity index is 455. The van der Waals surface area contributed by atoms with Crippen molar-refractivity contribution in [2.75, 3.05) is 16.8 Å². The van der Waals surface area contributed by atoms with Crippen LogP contribution < -0.4 is 5.32 Å². The highest BCUT2D eigenvalue weighted by Crippen LogP contribution is 2.20. The first-order valence-electron chi connectivity index (χ1n) is 4.81. The molecule has 2 N–H and O–H groups in total. The topological polar surface area (TPSA) is 66.4 Å². The van der Waals surface area contributed by atoms with Crippen LogP contribution in [-0.2, 0) is 9.84 Å². The molecule has 1 atom stereocenters. The molecule has 0 saturated carbocycles. The Morgan fingerprint density at radius 1 is 1.40 bits per heavy atom. The van der Waals surface area contributed by atoms with Gasteiger partial charge in [-0.25, -0.2) is 8.42 Å². The van der Waals surface area contributed by atoms with Gasteiger partial charge in [-0.05, 0) is 18.6 Å². The number of hydrogen-bond donors (Lipinski definition) is 2. The Kier molecular flexibility index (Phi) is 2.56. The maximum Gasteiger partial charge on any atom is 0.152 e. The number of benzene rings is 1. The van der Waals surface area contributed by atoms with E-state index in [-0.39, 0.29) is 23.3 Å². The molecule has 4 nitrogen and oxygen atoms in total. The molecule has 2 rings (SSSR count). The number of sulfone groups is 1. The lowest BCUT2D eigenvalue weighted by Crippen LogP contribution is -2.20. The summed E-state index contributed by atoms with van der Waals surface area (Å²) in [6.07, 6.45) is 0.637. The van der Waals surface area contributed by atoms with Crippen LogP contribution in [0, 0.1) is 0 Å². The normalized spacial score (nSPS) is 23.9. The van der Waals surface area contributed by atoms with Gasteiger partial charge in [-0.3, -0.25) is 0 Å². The van der Waals surface area contributed by atoms with Gasteiger partial charge in [0.25, 0.3) is 0 Å². The maximum absolute atomic E-state index is 11.2. The van der Waals surface area contributed by atoms with Crippen LogP contribution in [0.15, 0.2) is 24.3 Å². The number of rotatable bonds is 2. The van der Waals surface area contributed by atoms with E-state index in [0.717, 1.165) is 5.69 Å². The first kappa shape index (κ1) is 10.3. The molecule has 1 aliphatic rings. The predicted molar refractivity (Wildman–Crippen MR) is 58.8 cm³/mol. The fraction of sp³-hybridized carbons (Fsp3) is 0.400. The molecule has 1 saturated heterocycles. The SMILES string of the molecule is O=S1(=O)CC[C@@H](Nc2cccc(O)c2)C1. The second-order valence-corrected chi connectivity index (χ2v) is 6.02. The van der Waals surface area contributed by atoms with Crippen molar-refractivity contribution < 1.29 is 13.5 Å². The first-order chi connectivity index (χ1) is 7.05. The highest BCUT2D eigenvalue weighted by atomic mass is 32.2. The molecule has 0 spiro atoms. The number of nitrogens with one attached hydrogen (secondary N) is 1. The van der Waals surface area contributed by atoms with Crippen LogP contribution >= 0.6 is 0 Å². The Morgan fingerprint density at radius 2 is 2.20 bits per heavy atom. The lowest BCUT2D eigenvalue weighted by atomic mass is 10.2. The average molecular weight is 227 g/mol. The summed E-state index contributed by atoms with van der Waals surface area (Å²) in [6.45, 7) is 0. The summed E-state index contributed by atoms with van der Waals surface area (Å²) in [5, 5.41) is 12.3. The zero-order valence-electron chi connectivity index (χ0n) is 8.18. The molecule has 0 amide bonds. The standard InChI is InChI=1S/C10H13NO3S/c12-10-3-1-2-8(6-10)11-9-4-5-15(13,14)7-9/h1-3,6,9,11-12H,4-5,7H2/t9-/m1/s1. The molecule has 0 aliphatic carbocycles. The molecule has 0 aromatic heterocycles. The van der Waals surface area contributed by atoms with E-state index in [0.29, 0.717) is 6.42 Å². The van der Waals surface area contributed by atoms with E-state index < -0.39 is 9.84 Å². The van der Waals surface area contributed by atoms with E-state index in [4.69, 9.17) is 0 Å². The van der Waals surface area contributed by atoms with Crippen molar-refractivity contribution in [1.29, 1.82) is 0 Å². The third-order valence-corrected chi connectivity index (χ3v) is 4.22. The van der Waals surface area contributed by atoms with E-state index in [9.17, 15) is 13.5 Å². The zero-order chi connectivity index (χ0) is 10.9. The molecule has 1 fully saturated rings. The van der Waals surface area contributed by atoms with E-state index >= 15 is 0 Å². The van der Waals surface area contributed by atoms with Crippen molar-refractivity contribution >= 4 is 15.5 Å². The summed E-state index contributed by atoms with van der Waals surface area (Å²) >= 11 is 0. The Hall–Kier alpha value is -1.23. The molecular formula is C10H13NO3S. The van der Waals surface area contributed by atoms with E-state index in [1.165, 1.54) is 0 Å². The van der Waals surface area contributed by atoms with Gasteiger partial charge >= 0.3 is 0 Å². The maximum atomic E-state index is 11.2. The molecule has 0 unspecified atom stereocenters. The van der Waals surface area contributed by atoms with Gasteiger partial charge in [0.1, 0.15) is 5.75 Å². The van der Waals surface area contributed by atoms with Gasteiger partial charge in [-0.15, -0.1) is 0 Å². The van der Waals surface area contributed by atoms with Crippen LogP contribution in [0.4, 0.5) is 5.69 Å². The molecule has 0 bridgehead atoms. The quantitative estimate of drug-likeness (QED) is 0.790. The van der Waals surface area contributed by atoms with Crippen LogP contribution in [0.25, 0.3) is 0 Å². The van der Waals surface area contributed by atoms with Gasteiger partial charge in [-0.2, -0.15) is 0 Å². The van der Waals surface area contributed by atoms with Crippen molar-refractivity contribution in [3.63, 3.8) is 0 Å². The minimum atomic E-state index is -2.85. The average Bonchev–Trinajstić information content (AvgIpc) is 2.45. The van der Waals surface area contributed by atoms with Gasteiger partial charge in [0.05, 0.1) is 11.5 Å². The lowest BCUT2D eigenvalue weighted by molar-refractivity contribution is 0.475. The van der Waals surface area contributed by atoms with Gasteiger partial charge < -0.3 is 10.4 Å². The van der Waals surface area contributed by atoms with Gasteiger partial charge in [0, 0.05) is 17.8 Å². The molecular weight excluding hydrogens is 214 g/mol. The van der Waals surface area contributed by atoms with Crippen LogP contribution in [0.5, 0.6) is 5.75 Å². The number of anilines is 1. The van der Waals surface area contributed by atoms with Crippen LogP contribution in [-0.4, -0.2) is 31.1 Å². The summed E-state index contributed by atoms with van der Waals surface area (Å²) < 4.78 is 22.4. The smallest absolute Gasteiger partial charge is 0.152 e. The molecule has 1 aliphatic heterocycles. The summed E-state index contributed by atoms with van der Waals surface area (Å²) in [5.41, 5.74) is 0.761. The van der Waals surface area contributed by atoms with Crippen molar-refractivity contribution in [3.8, 4) is 5.75 Å². The molecule has 1 aromatic rings. The minimum Gasteiger partial charge on any atom is -0.508 e. The highest BCUT2D eigenvalue weighted by molar-refractivity contribution is 7.91. The zero-order valence-corrected chi connectivity index (χ0v) is 9.00. The van der Waals surface area contributed by atoms with Crippen LogP contribution in [0.1, 0.15) is 6.42 Å². The van der Waals surface area contributed by atoms with E-state index in [1.807, 2.05) is 6.07 Å². The van der Waals surface area contributed by atoms with Crippen molar-refractivity contribution in [2.24, 2.45) is 0 Å².